The second kappa shape index (κ2) is 10.7. The van der Waals surface area contributed by atoms with Crippen molar-refractivity contribution in [3.63, 3.8) is 0 Å². The van der Waals surface area contributed by atoms with E-state index in [1.807, 2.05) is 11.6 Å². The molecule has 0 unspecified atom stereocenters. The Hall–Kier alpha value is -1.45. The number of ether oxygens (including phenoxy) is 1. The van der Waals surface area contributed by atoms with Gasteiger partial charge >= 0.3 is 5.97 Å². The van der Waals surface area contributed by atoms with Gasteiger partial charge in [-0.15, -0.1) is 11.3 Å². The fourth-order valence-corrected chi connectivity index (χ4v) is 5.63. The molecule has 1 aliphatic rings. The number of methoxy groups -OCH3 is 1. The monoisotopic (exact) mass is 512 g/mol. The molecule has 0 saturated heterocycles. The Morgan fingerprint density at radius 1 is 1.27 bits per heavy atom. The lowest BCUT2D eigenvalue weighted by atomic mass is 9.96. The molecule has 6 nitrogen and oxygen atoms in total. The molecule has 0 aliphatic heterocycles. The largest absolute Gasteiger partial charge is 0.465 e. The number of thiophene rings is 1. The quantitative estimate of drug-likeness (QED) is 0.317. The van der Waals surface area contributed by atoms with Crippen LogP contribution < -0.4 is 10.6 Å². The third kappa shape index (κ3) is 5.42. The number of aryl methyl sites for hydroxylation is 3. The summed E-state index contributed by atoms with van der Waals surface area (Å²) in [4.78, 5) is 13.8. The van der Waals surface area contributed by atoms with Gasteiger partial charge in [-0.2, -0.15) is 5.10 Å². The predicted octanol–water partition coefficient (Wildman–Crippen LogP) is 5.15. The summed E-state index contributed by atoms with van der Waals surface area (Å²) in [6.45, 7) is 5.59. The first-order valence-electron chi connectivity index (χ1n) is 10.4. The number of aromatic nitrogens is 2. The molecule has 9 heteroatoms. The fraction of sp³-hybridized carbons (Fsp3) is 0.571. The maximum absolute atomic E-state index is 12.5. The minimum atomic E-state index is -0.284. The molecular formula is C21H29BrN4O2S2. The molecule has 2 heterocycles. The summed E-state index contributed by atoms with van der Waals surface area (Å²) in [5.74, 6) is -0.284. The minimum Gasteiger partial charge on any atom is -0.465 e. The van der Waals surface area contributed by atoms with E-state index in [1.165, 1.54) is 31.2 Å². The smallest absolute Gasteiger partial charge is 0.341 e. The van der Waals surface area contributed by atoms with Gasteiger partial charge < -0.3 is 15.4 Å². The van der Waals surface area contributed by atoms with Crippen LogP contribution in [0, 0.1) is 13.8 Å². The Kier molecular flexibility index (Phi) is 8.30. The van der Waals surface area contributed by atoms with E-state index in [9.17, 15) is 4.79 Å². The number of nitrogens with zero attached hydrogens (tertiary/aromatic N) is 2. The van der Waals surface area contributed by atoms with Gasteiger partial charge in [-0.25, -0.2) is 4.79 Å². The van der Waals surface area contributed by atoms with Gasteiger partial charge in [0.2, 0.25) is 0 Å². The number of hydrogen-bond donors (Lipinski definition) is 2. The Labute approximate surface area is 195 Å². The zero-order valence-electron chi connectivity index (χ0n) is 17.8. The number of rotatable bonds is 6. The molecule has 0 radical (unpaired) electrons. The lowest BCUT2D eigenvalue weighted by Crippen LogP contribution is -2.30. The van der Waals surface area contributed by atoms with Crippen molar-refractivity contribution >= 4 is 55.6 Å². The van der Waals surface area contributed by atoms with Crippen molar-refractivity contribution in [1.82, 2.24) is 15.1 Å². The number of fused-ring (bicyclic) bond motifs is 1. The highest BCUT2D eigenvalue weighted by molar-refractivity contribution is 9.10. The second-order valence-corrected chi connectivity index (χ2v) is 9.86. The first kappa shape index (κ1) is 23.2. The molecule has 0 bridgehead atoms. The van der Waals surface area contributed by atoms with Gasteiger partial charge in [-0.3, -0.25) is 4.68 Å². The van der Waals surface area contributed by atoms with Gasteiger partial charge in [-0.05, 0) is 79.7 Å². The molecule has 0 spiro atoms. The van der Waals surface area contributed by atoms with Gasteiger partial charge in [0, 0.05) is 23.7 Å². The van der Waals surface area contributed by atoms with Crippen LogP contribution in [0.1, 0.15) is 64.3 Å². The Morgan fingerprint density at radius 2 is 2.00 bits per heavy atom. The van der Waals surface area contributed by atoms with Crippen LogP contribution in [0.25, 0.3) is 0 Å². The van der Waals surface area contributed by atoms with E-state index < -0.39 is 0 Å². The molecular weight excluding hydrogens is 484 g/mol. The standard InChI is InChI=1S/C21H29BrN4O2S2/c1-13-18(22)14(2)26(25-13)12-8-11-23-21(29)24-19-17(20(27)28-3)15-9-6-4-5-7-10-16(15)30-19/h4-12H2,1-3H3,(H2,23,24,29). The van der Waals surface area contributed by atoms with Crippen molar-refractivity contribution in [3.8, 4) is 0 Å². The summed E-state index contributed by atoms with van der Waals surface area (Å²) in [5, 5.41) is 12.4. The van der Waals surface area contributed by atoms with E-state index in [1.54, 1.807) is 11.3 Å². The molecule has 2 N–H and O–H groups in total. The van der Waals surface area contributed by atoms with Crippen LogP contribution in [-0.4, -0.2) is 34.5 Å². The number of anilines is 1. The minimum absolute atomic E-state index is 0.284. The van der Waals surface area contributed by atoms with E-state index in [2.05, 4.69) is 38.6 Å². The second-order valence-electron chi connectivity index (χ2n) is 7.56. The first-order chi connectivity index (χ1) is 14.4. The molecule has 0 saturated carbocycles. The van der Waals surface area contributed by atoms with Crippen LogP contribution in [0.3, 0.4) is 0 Å². The van der Waals surface area contributed by atoms with Gasteiger partial charge in [0.05, 0.1) is 22.8 Å². The number of halogens is 1. The van der Waals surface area contributed by atoms with Gasteiger partial charge in [-0.1, -0.05) is 12.8 Å². The molecule has 164 valence electrons. The van der Waals surface area contributed by atoms with Crippen LogP contribution in [0.5, 0.6) is 0 Å². The molecule has 0 fully saturated rings. The van der Waals surface area contributed by atoms with Crippen LogP contribution in [0.4, 0.5) is 5.00 Å². The Morgan fingerprint density at radius 3 is 2.67 bits per heavy atom. The van der Waals surface area contributed by atoms with Crippen LogP contribution >= 0.6 is 39.5 Å². The number of thiocarbonyl (C=S) groups is 1. The summed E-state index contributed by atoms with van der Waals surface area (Å²) in [6, 6.07) is 0. The molecule has 0 atom stereocenters. The van der Waals surface area contributed by atoms with Crippen LogP contribution in [-0.2, 0) is 24.1 Å². The number of esters is 1. The maximum Gasteiger partial charge on any atom is 0.341 e. The topological polar surface area (TPSA) is 68.2 Å². The first-order valence-corrected chi connectivity index (χ1v) is 12.4. The molecule has 3 rings (SSSR count). The zero-order valence-corrected chi connectivity index (χ0v) is 21.0. The highest BCUT2D eigenvalue weighted by Crippen LogP contribution is 2.37. The van der Waals surface area contributed by atoms with Crippen LogP contribution in [0.15, 0.2) is 4.47 Å². The van der Waals surface area contributed by atoms with E-state index in [4.69, 9.17) is 17.0 Å². The lowest BCUT2D eigenvalue weighted by molar-refractivity contribution is 0.0601. The van der Waals surface area contributed by atoms with E-state index >= 15 is 0 Å². The summed E-state index contributed by atoms with van der Waals surface area (Å²) in [6.07, 6.45) is 7.57. The van der Waals surface area contributed by atoms with E-state index in [-0.39, 0.29) is 5.97 Å². The highest BCUT2D eigenvalue weighted by atomic mass is 79.9. The van der Waals surface area contributed by atoms with E-state index in [0.29, 0.717) is 10.7 Å². The number of carbonyl (C=O) groups is 1. The fourth-order valence-electron chi connectivity index (χ4n) is 3.80. The van der Waals surface area contributed by atoms with Crippen molar-refractivity contribution < 1.29 is 9.53 Å². The third-order valence-electron chi connectivity index (χ3n) is 5.41. The van der Waals surface area contributed by atoms with Gasteiger partial charge in [0.25, 0.3) is 0 Å². The summed E-state index contributed by atoms with van der Waals surface area (Å²) >= 11 is 10.7. The lowest BCUT2D eigenvalue weighted by Gasteiger charge is -2.12. The average molecular weight is 514 g/mol. The summed E-state index contributed by atoms with van der Waals surface area (Å²) < 4.78 is 8.15. The van der Waals surface area contributed by atoms with Crippen molar-refractivity contribution in [1.29, 1.82) is 0 Å². The summed E-state index contributed by atoms with van der Waals surface area (Å²) in [5.41, 5.74) is 3.94. The van der Waals surface area contributed by atoms with Crippen LogP contribution in [0.2, 0.25) is 0 Å². The number of nitrogens with one attached hydrogen (secondary N) is 2. The average Bonchev–Trinajstić information content (AvgIpc) is 3.15. The number of hydrogen-bond acceptors (Lipinski definition) is 5. The summed E-state index contributed by atoms with van der Waals surface area (Å²) in [7, 11) is 1.44. The molecule has 0 aromatic carbocycles. The van der Waals surface area contributed by atoms with Crippen molar-refractivity contribution in [2.75, 3.05) is 19.0 Å². The maximum atomic E-state index is 12.5. The van der Waals surface area contributed by atoms with Crippen molar-refractivity contribution in [2.45, 2.75) is 65.3 Å². The SMILES string of the molecule is COC(=O)c1c(NC(=S)NCCCn2nc(C)c(Br)c2C)sc2c1CCCCCC2. The Bertz CT molecular complexity index is 923. The normalized spacial score (nSPS) is 13.9. The highest BCUT2D eigenvalue weighted by Gasteiger charge is 2.25. The number of carbonyl (C=O) groups excluding carboxylic acids is 1. The van der Waals surface area contributed by atoms with Crippen molar-refractivity contribution in [2.24, 2.45) is 0 Å². The predicted molar refractivity (Wildman–Crippen MR) is 130 cm³/mol. The van der Waals surface area contributed by atoms with Crippen molar-refractivity contribution in [3.05, 3.63) is 31.9 Å². The Balaban J connectivity index is 1.60. The van der Waals surface area contributed by atoms with E-state index in [0.717, 1.165) is 65.2 Å². The molecule has 30 heavy (non-hydrogen) atoms. The van der Waals surface area contributed by atoms with Gasteiger partial charge in [0.1, 0.15) is 5.00 Å². The zero-order chi connectivity index (χ0) is 21.7. The molecule has 1 aliphatic carbocycles. The molecule has 2 aromatic rings. The third-order valence-corrected chi connectivity index (χ3v) is 8.01. The van der Waals surface area contributed by atoms with Gasteiger partial charge in [0.15, 0.2) is 5.11 Å². The molecule has 2 aromatic heterocycles. The molecule has 0 amide bonds.